The van der Waals surface area contributed by atoms with E-state index in [9.17, 15) is 22.4 Å². The molecule has 0 bridgehead atoms. The molecule has 2 aromatic carbocycles. The third kappa shape index (κ3) is 7.67. The Hall–Kier alpha value is -5.49. The highest BCUT2D eigenvalue weighted by atomic mass is 19.4. The molecule has 0 spiro atoms. The van der Waals surface area contributed by atoms with Crippen molar-refractivity contribution in [3.05, 3.63) is 101 Å². The number of halogens is 4. The molecule has 1 fully saturated rings. The van der Waals surface area contributed by atoms with Crippen LogP contribution in [0.25, 0.3) is 11.0 Å². The summed E-state index contributed by atoms with van der Waals surface area (Å²) in [7, 11) is 0. The van der Waals surface area contributed by atoms with Crippen LogP contribution in [0.5, 0.6) is 5.88 Å². The number of anilines is 1. The maximum Gasteiger partial charge on any atom is 0.405 e. The van der Waals surface area contributed by atoms with Crippen LogP contribution < -0.4 is 15.0 Å². The van der Waals surface area contributed by atoms with E-state index in [1.165, 1.54) is 42.8 Å². The molecule has 1 saturated heterocycles. The molecule has 1 amide bonds. The minimum atomic E-state index is -4.52. The molecule has 1 aliphatic rings. The average Bonchev–Trinajstić information content (AvgIpc) is 3.71. The van der Waals surface area contributed by atoms with Crippen LogP contribution in [0.2, 0.25) is 0 Å². The molecule has 0 aliphatic carbocycles. The second-order valence-electron chi connectivity index (χ2n) is 10.8. The molecular weight excluding hydrogens is 620 g/mol. The summed E-state index contributed by atoms with van der Waals surface area (Å²) in [4.78, 5) is 30.4. The minimum Gasteiger partial charge on any atom is -0.473 e. The normalized spacial score (nSPS) is 13.9. The van der Waals surface area contributed by atoms with Crippen LogP contribution in [0.15, 0.2) is 71.5 Å². The molecule has 11 nitrogen and oxygen atoms in total. The van der Waals surface area contributed by atoms with Gasteiger partial charge in [-0.2, -0.15) is 23.4 Å². The van der Waals surface area contributed by atoms with Crippen LogP contribution in [0, 0.1) is 17.1 Å². The fourth-order valence-electron chi connectivity index (χ4n) is 5.24. The lowest BCUT2D eigenvalue weighted by molar-refractivity contribution is -0.123. The molecule has 0 radical (unpaired) electrons. The summed E-state index contributed by atoms with van der Waals surface area (Å²) in [5.74, 6) is 0.808. The van der Waals surface area contributed by atoms with E-state index in [0.29, 0.717) is 66.9 Å². The van der Waals surface area contributed by atoms with E-state index < -0.39 is 24.4 Å². The predicted octanol–water partition coefficient (Wildman–Crippen LogP) is 4.67. The van der Waals surface area contributed by atoms with Crippen LogP contribution in [-0.2, 0) is 19.7 Å². The summed E-state index contributed by atoms with van der Waals surface area (Å²) in [5.41, 5.74) is 1.78. The zero-order chi connectivity index (χ0) is 33.0. The van der Waals surface area contributed by atoms with Gasteiger partial charge in [-0.1, -0.05) is 12.1 Å². The number of aromatic nitrogens is 4. The molecule has 0 saturated carbocycles. The van der Waals surface area contributed by atoms with E-state index in [0.717, 1.165) is 5.82 Å². The third-order valence-electron chi connectivity index (χ3n) is 7.64. The zero-order valence-corrected chi connectivity index (χ0v) is 24.9. The van der Waals surface area contributed by atoms with Gasteiger partial charge in [0.05, 0.1) is 35.4 Å². The summed E-state index contributed by atoms with van der Waals surface area (Å²) in [6.07, 6.45) is -1.56. The highest BCUT2D eigenvalue weighted by Crippen LogP contribution is 2.24. The van der Waals surface area contributed by atoms with Crippen molar-refractivity contribution in [2.45, 2.75) is 25.9 Å². The lowest BCUT2D eigenvalue weighted by Gasteiger charge is -2.35. The Labute approximate surface area is 266 Å². The van der Waals surface area contributed by atoms with Crippen molar-refractivity contribution in [1.82, 2.24) is 29.7 Å². The van der Waals surface area contributed by atoms with Gasteiger partial charge in [-0.25, -0.2) is 14.4 Å². The number of alkyl halides is 3. The molecule has 6 rings (SSSR count). The number of carbonyl (C=O) groups is 1. The first kappa shape index (κ1) is 31.5. The Balaban J connectivity index is 1.12. The number of benzene rings is 2. The molecule has 242 valence electrons. The van der Waals surface area contributed by atoms with Crippen LogP contribution in [0.4, 0.5) is 23.4 Å². The van der Waals surface area contributed by atoms with E-state index in [1.807, 2.05) is 28.1 Å². The first-order valence-electron chi connectivity index (χ1n) is 14.6. The lowest BCUT2D eigenvalue weighted by Crippen LogP contribution is -2.46. The Bertz CT molecular complexity index is 1910. The van der Waals surface area contributed by atoms with Gasteiger partial charge in [0, 0.05) is 43.4 Å². The maximum atomic E-state index is 14.3. The number of nitriles is 1. The minimum absolute atomic E-state index is 0.0317. The Morgan fingerprint density at radius 1 is 1.04 bits per heavy atom. The molecule has 5 aromatic rings. The second kappa shape index (κ2) is 13.5. The number of ether oxygens (including phenoxy) is 1. The number of amides is 1. The van der Waals surface area contributed by atoms with E-state index >= 15 is 0 Å². The molecule has 0 atom stereocenters. The van der Waals surface area contributed by atoms with Gasteiger partial charge < -0.3 is 23.9 Å². The number of oxazole rings is 1. The van der Waals surface area contributed by atoms with Gasteiger partial charge in [0.15, 0.2) is 0 Å². The van der Waals surface area contributed by atoms with Gasteiger partial charge in [-0.05, 0) is 36.4 Å². The Kier molecular flexibility index (Phi) is 9.03. The summed E-state index contributed by atoms with van der Waals surface area (Å²) in [6, 6.07) is 16.1. The van der Waals surface area contributed by atoms with Crippen LogP contribution in [0.3, 0.4) is 0 Å². The second-order valence-corrected chi connectivity index (χ2v) is 10.8. The number of fused-ring (bicyclic) bond motifs is 1. The fraction of sp³-hybridized carbons (Fsp3) is 0.281. The number of imidazole rings is 1. The molecule has 15 heteroatoms. The molecule has 0 unspecified atom stereocenters. The number of nitrogens with one attached hydrogen (secondary N) is 1. The fourth-order valence-corrected chi connectivity index (χ4v) is 5.24. The standard InChI is InChI=1S/C32H28F4N8O3/c33-24-14-21(16-37)4-5-23(24)19-47-29-3-1-2-27(41-29)43-11-9-42(10-12-43)17-28-40-25-7-6-22(31(45)39-20-32(34,35)36)15-26(25)44(28)18-30-38-8-13-46-30/h1-8,13-15H,9-12,17-20H2,(H,39,45). The number of hydrogen-bond donors (Lipinski definition) is 1. The Morgan fingerprint density at radius 2 is 1.87 bits per heavy atom. The molecule has 1 aliphatic heterocycles. The topological polar surface area (TPSA) is 125 Å². The van der Waals surface area contributed by atoms with Gasteiger partial charge in [-0.15, -0.1) is 0 Å². The number of hydrogen-bond acceptors (Lipinski definition) is 9. The first-order chi connectivity index (χ1) is 22.6. The van der Waals surface area contributed by atoms with Crippen LogP contribution in [0.1, 0.15) is 33.2 Å². The highest BCUT2D eigenvalue weighted by molar-refractivity contribution is 5.97. The summed E-state index contributed by atoms with van der Waals surface area (Å²) in [6.45, 7) is 1.89. The van der Waals surface area contributed by atoms with Crippen molar-refractivity contribution in [3.8, 4) is 11.9 Å². The van der Waals surface area contributed by atoms with E-state index in [1.54, 1.807) is 12.1 Å². The van der Waals surface area contributed by atoms with Crippen molar-refractivity contribution < 1.29 is 31.5 Å². The number of piperazine rings is 1. The van der Waals surface area contributed by atoms with Crippen molar-refractivity contribution >= 4 is 22.8 Å². The maximum absolute atomic E-state index is 14.3. The lowest BCUT2D eigenvalue weighted by atomic mass is 10.1. The first-order valence-corrected chi connectivity index (χ1v) is 14.6. The monoisotopic (exact) mass is 648 g/mol. The van der Waals surface area contributed by atoms with E-state index in [2.05, 4.69) is 19.8 Å². The van der Waals surface area contributed by atoms with Crippen LogP contribution in [-0.4, -0.2) is 69.2 Å². The zero-order valence-electron chi connectivity index (χ0n) is 24.9. The van der Waals surface area contributed by atoms with Gasteiger partial charge in [0.25, 0.3) is 5.91 Å². The van der Waals surface area contributed by atoms with Crippen molar-refractivity contribution in [3.63, 3.8) is 0 Å². The van der Waals surface area contributed by atoms with E-state index in [-0.39, 0.29) is 24.3 Å². The number of pyridine rings is 1. The average molecular weight is 649 g/mol. The SMILES string of the molecule is N#Cc1ccc(COc2cccc(N3CCN(Cc4nc5ccc(C(=O)NCC(F)(F)F)cc5n4Cc4ncco4)CC3)n2)c(F)c1. The number of carbonyl (C=O) groups excluding carboxylic acids is 1. The third-order valence-corrected chi connectivity index (χ3v) is 7.64. The molecular formula is C32H28F4N8O3. The van der Waals surface area contributed by atoms with Crippen molar-refractivity contribution in [2.24, 2.45) is 0 Å². The molecule has 1 N–H and O–H groups in total. The largest absolute Gasteiger partial charge is 0.473 e. The van der Waals surface area contributed by atoms with Crippen LogP contribution >= 0.6 is 0 Å². The Morgan fingerprint density at radius 3 is 2.60 bits per heavy atom. The van der Waals surface area contributed by atoms with Crippen molar-refractivity contribution in [2.75, 3.05) is 37.6 Å². The quantitative estimate of drug-likeness (QED) is 0.215. The molecule has 3 aromatic heterocycles. The predicted molar refractivity (Wildman–Crippen MR) is 161 cm³/mol. The molecule has 47 heavy (non-hydrogen) atoms. The number of rotatable bonds is 10. The van der Waals surface area contributed by atoms with Crippen molar-refractivity contribution in [1.29, 1.82) is 5.26 Å². The number of nitrogens with zero attached hydrogens (tertiary/aromatic N) is 7. The highest BCUT2D eigenvalue weighted by Gasteiger charge is 2.28. The summed E-state index contributed by atoms with van der Waals surface area (Å²) >= 11 is 0. The summed E-state index contributed by atoms with van der Waals surface area (Å²) in [5, 5.41) is 10.8. The van der Waals surface area contributed by atoms with Gasteiger partial charge in [0.1, 0.15) is 43.4 Å². The smallest absolute Gasteiger partial charge is 0.405 e. The summed E-state index contributed by atoms with van der Waals surface area (Å²) < 4.78 is 65.3. The van der Waals surface area contributed by atoms with Gasteiger partial charge >= 0.3 is 6.18 Å². The van der Waals surface area contributed by atoms with E-state index in [4.69, 9.17) is 19.4 Å². The van der Waals surface area contributed by atoms with Gasteiger partial charge in [-0.3, -0.25) is 9.69 Å². The molecule has 4 heterocycles. The van der Waals surface area contributed by atoms with Gasteiger partial charge in [0.2, 0.25) is 11.8 Å².